The first-order valence-electron chi connectivity index (χ1n) is 9.09. The molecule has 2 N–H and O–H groups in total. The summed E-state index contributed by atoms with van der Waals surface area (Å²) in [5.74, 6) is 2.41. The highest BCUT2D eigenvalue weighted by atomic mass is 35.5. The van der Waals surface area contributed by atoms with Crippen molar-refractivity contribution in [2.75, 3.05) is 25.0 Å². The fourth-order valence-electron chi connectivity index (χ4n) is 2.62. The highest BCUT2D eigenvalue weighted by molar-refractivity contribution is 5.94. The standard InChI is InChI=1S/C21H27N3O.ClH/c1-3-16(2)15-25-20-10-6-18(7-11-20)14-17-4-8-19(9-5-17)24-21-22-12-13-23-21;/h4-11,16H,3,12-15H2,1-2H3,(H2,22,23,24);1H/t16-;/m0./s1. The van der Waals surface area contributed by atoms with Gasteiger partial charge in [-0.05, 0) is 47.7 Å². The molecule has 2 aromatic carbocycles. The summed E-state index contributed by atoms with van der Waals surface area (Å²) in [6, 6.07) is 16.9. The van der Waals surface area contributed by atoms with E-state index >= 15 is 0 Å². The second kappa shape index (κ2) is 10.1. The SMILES string of the molecule is CC[C@H](C)COc1ccc(Cc2ccc(NC3=NCCN3)cc2)cc1.Cl. The maximum absolute atomic E-state index is 5.82. The molecule has 0 unspecified atom stereocenters. The number of rotatable bonds is 7. The van der Waals surface area contributed by atoms with Crippen LogP contribution in [0.25, 0.3) is 0 Å². The van der Waals surface area contributed by atoms with Crippen LogP contribution in [0.15, 0.2) is 53.5 Å². The maximum Gasteiger partial charge on any atom is 0.195 e. The van der Waals surface area contributed by atoms with E-state index in [0.717, 1.165) is 49.9 Å². The quantitative estimate of drug-likeness (QED) is 0.751. The van der Waals surface area contributed by atoms with E-state index in [1.807, 2.05) is 0 Å². The highest BCUT2D eigenvalue weighted by Crippen LogP contribution is 2.18. The number of hydrogen-bond donors (Lipinski definition) is 2. The van der Waals surface area contributed by atoms with E-state index in [-0.39, 0.29) is 12.4 Å². The second-order valence-electron chi connectivity index (χ2n) is 6.62. The first-order chi connectivity index (χ1) is 12.2. The summed E-state index contributed by atoms with van der Waals surface area (Å²) < 4.78 is 5.82. The fourth-order valence-corrected chi connectivity index (χ4v) is 2.62. The Balaban J connectivity index is 0.00000243. The van der Waals surface area contributed by atoms with Crippen LogP contribution >= 0.6 is 12.4 Å². The molecule has 2 aromatic rings. The van der Waals surface area contributed by atoms with E-state index in [1.54, 1.807) is 0 Å². The number of nitrogens with one attached hydrogen (secondary N) is 2. The van der Waals surface area contributed by atoms with Crippen LogP contribution in [0.4, 0.5) is 5.69 Å². The smallest absolute Gasteiger partial charge is 0.195 e. The molecule has 0 amide bonds. The molecule has 0 fully saturated rings. The lowest BCUT2D eigenvalue weighted by molar-refractivity contribution is 0.256. The van der Waals surface area contributed by atoms with Gasteiger partial charge in [-0.2, -0.15) is 0 Å². The van der Waals surface area contributed by atoms with Crippen LogP contribution in [0.5, 0.6) is 5.75 Å². The number of anilines is 1. The van der Waals surface area contributed by atoms with Gasteiger partial charge in [-0.1, -0.05) is 44.5 Å². The predicted octanol–water partition coefficient (Wildman–Crippen LogP) is 4.50. The molecule has 0 aliphatic carbocycles. The largest absolute Gasteiger partial charge is 0.493 e. The van der Waals surface area contributed by atoms with Crippen molar-refractivity contribution in [3.63, 3.8) is 0 Å². The zero-order chi connectivity index (χ0) is 17.5. The van der Waals surface area contributed by atoms with Gasteiger partial charge in [0.2, 0.25) is 0 Å². The normalized spacial score (nSPS) is 14.0. The average Bonchev–Trinajstić information content (AvgIpc) is 3.15. The molecule has 5 heteroatoms. The maximum atomic E-state index is 5.82. The first kappa shape index (κ1) is 20.1. The van der Waals surface area contributed by atoms with Crippen molar-refractivity contribution in [2.45, 2.75) is 26.7 Å². The molecule has 1 atom stereocenters. The molecule has 0 saturated carbocycles. The Morgan fingerprint density at radius 1 is 1.08 bits per heavy atom. The van der Waals surface area contributed by atoms with E-state index in [4.69, 9.17) is 4.74 Å². The number of guanidine groups is 1. The molecule has 0 aromatic heterocycles. The van der Waals surface area contributed by atoms with Crippen LogP contribution in [0, 0.1) is 5.92 Å². The second-order valence-corrected chi connectivity index (χ2v) is 6.62. The van der Waals surface area contributed by atoms with Crippen molar-refractivity contribution in [1.29, 1.82) is 0 Å². The summed E-state index contributed by atoms with van der Waals surface area (Å²) in [6.45, 7) is 6.94. The minimum Gasteiger partial charge on any atom is -0.493 e. The number of benzene rings is 2. The van der Waals surface area contributed by atoms with E-state index in [0.29, 0.717) is 5.92 Å². The molecule has 0 spiro atoms. The molecular formula is C21H28ClN3O. The van der Waals surface area contributed by atoms with Crippen LogP contribution in [0.2, 0.25) is 0 Å². The Morgan fingerprint density at radius 2 is 1.73 bits per heavy atom. The van der Waals surface area contributed by atoms with Gasteiger partial charge < -0.3 is 15.4 Å². The first-order valence-corrected chi connectivity index (χ1v) is 9.09. The van der Waals surface area contributed by atoms with Gasteiger partial charge in [0.15, 0.2) is 5.96 Å². The summed E-state index contributed by atoms with van der Waals surface area (Å²) in [5.41, 5.74) is 3.64. The van der Waals surface area contributed by atoms with Gasteiger partial charge in [0.25, 0.3) is 0 Å². The minimum atomic E-state index is 0. The Kier molecular flexibility index (Phi) is 7.79. The van der Waals surface area contributed by atoms with Crippen molar-refractivity contribution < 1.29 is 4.74 Å². The predicted molar refractivity (Wildman–Crippen MR) is 112 cm³/mol. The lowest BCUT2D eigenvalue weighted by Crippen LogP contribution is -2.26. The molecule has 4 nitrogen and oxygen atoms in total. The topological polar surface area (TPSA) is 45.6 Å². The molecule has 0 saturated heterocycles. The van der Waals surface area contributed by atoms with Crippen molar-refractivity contribution in [2.24, 2.45) is 10.9 Å². The number of nitrogens with zero attached hydrogens (tertiary/aromatic N) is 1. The summed E-state index contributed by atoms with van der Waals surface area (Å²) in [7, 11) is 0. The number of ether oxygens (including phenoxy) is 1. The summed E-state index contributed by atoms with van der Waals surface area (Å²) in [6.07, 6.45) is 2.07. The Morgan fingerprint density at radius 3 is 2.31 bits per heavy atom. The monoisotopic (exact) mass is 373 g/mol. The zero-order valence-corrected chi connectivity index (χ0v) is 16.3. The number of hydrogen-bond acceptors (Lipinski definition) is 4. The van der Waals surface area contributed by atoms with Crippen molar-refractivity contribution in [3.8, 4) is 5.75 Å². The van der Waals surface area contributed by atoms with Crippen LogP contribution < -0.4 is 15.4 Å². The molecular weight excluding hydrogens is 346 g/mol. The van der Waals surface area contributed by atoms with Crippen LogP contribution in [0.3, 0.4) is 0 Å². The minimum absolute atomic E-state index is 0. The van der Waals surface area contributed by atoms with Gasteiger partial charge in [0.1, 0.15) is 5.75 Å². The Labute approximate surface area is 162 Å². The van der Waals surface area contributed by atoms with Crippen LogP contribution in [-0.4, -0.2) is 25.7 Å². The van der Waals surface area contributed by atoms with E-state index < -0.39 is 0 Å². The number of halogens is 1. The molecule has 1 aliphatic rings. The van der Waals surface area contributed by atoms with Gasteiger partial charge in [0.05, 0.1) is 13.2 Å². The summed E-state index contributed by atoms with van der Waals surface area (Å²) in [5, 5.41) is 6.50. The van der Waals surface area contributed by atoms with Crippen LogP contribution in [-0.2, 0) is 6.42 Å². The lowest BCUT2D eigenvalue weighted by atomic mass is 10.0. The van der Waals surface area contributed by atoms with Crippen molar-refractivity contribution in [1.82, 2.24) is 5.32 Å². The van der Waals surface area contributed by atoms with E-state index in [9.17, 15) is 0 Å². The van der Waals surface area contributed by atoms with Gasteiger partial charge in [-0.3, -0.25) is 4.99 Å². The molecule has 26 heavy (non-hydrogen) atoms. The summed E-state index contributed by atoms with van der Waals surface area (Å²) in [4.78, 5) is 4.34. The Hall–Kier alpha value is -2.20. The third-order valence-corrected chi connectivity index (χ3v) is 4.45. The van der Waals surface area contributed by atoms with Crippen LogP contribution in [0.1, 0.15) is 31.4 Å². The summed E-state index contributed by atoms with van der Waals surface area (Å²) >= 11 is 0. The fraction of sp³-hybridized carbons (Fsp3) is 0.381. The van der Waals surface area contributed by atoms with Gasteiger partial charge in [-0.15, -0.1) is 12.4 Å². The highest BCUT2D eigenvalue weighted by Gasteiger charge is 2.05. The lowest BCUT2D eigenvalue weighted by Gasteiger charge is -2.11. The number of aliphatic imine (C=N–C) groups is 1. The Bertz CT molecular complexity index is 698. The molecule has 1 aliphatic heterocycles. The molecule has 0 radical (unpaired) electrons. The van der Waals surface area contributed by atoms with Gasteiger partial charge in [0, 0.05) is 12.2 Å². The van der Waals surface area contributed by atoms with Crippen molar-refractivity contribution in [3.05, 3.63) is 59.7 Å². The molecule has 1 heterocycles. The van der Waals surface area contributed by atoms with Crippen molar-refractivity contribution >= 4 is 24.1 Å². The zero-order valence-electron chi connectivity index (χ0n) is 15.5. The van der Waals surface area contributed by atoms with E-state index in [2.05, 4.69) is 78.0 Å². The third kappa shape index (κ3) is 5.95. The third-order valence-electron chi connectivity index (χ3n) is 4.45. The van der Waals surface area contributed by atoms with Gasteiger partial charge in [-0.25, -0.2) is 0 Å². The van der Waals surface area contributed by atoms with Gasteiger partial charge >= 0.3 is 0 Å². The molecule has 140 valence electrons. The molecule has 3 rings (SSSR count). The molecule has 0 bridgehead atoms. The average molecular weight is 374 g/mol. The van der Waals surface area contributed by atoms with E-state index in [1.165, 1.54) is 11.1 Å².